The normalized spacial score (nSPS) is 31.9. The van der Waals surface area contributed by atoms with Gasteiger partial charge in [0.25, 0.3) is 0 Å². The van der Waals surface area contributed by atoms with E-state index in [0.29, 0.717) is 17.7 Å². The molecule has 0 aromatic carbocycles. The smallest absolute Gasteiger partial charge is 0.354 e. The van der Waals surface area contributed by atoms with Gasteiger partial charge in [0.2, 0.25) is 0 Å². The van der Waals surface area contributed by atoms with Gasteiger partial charge in [0.05, 0.1) is 12.5 Å². The highest BCUT2D eigenvalue weighted by Crippen LogP contribution is 2.46. The molecule has 98 valence electrons. The largest absolute Gasteiger partial charge is 0.477 e. The van der Waals surface area contributed by atoms with Crippen LogP contribution >= 0.6 is 0 Å². The fraction of sp³-hybridized carbons (Fsp3) is 0.714. The Morgan fingerprint density at radius 3 is 2.83 bits per heavy atom. The number of aromatic nitrogens is 2. The maximum absolute atomic E-state index is 11.2. The highest BCUT2D eigenvalue weighted by atomic mass is 16.4. The summed E-state index contributed by atoms with van der Waals surface area (Å²) in [6, 6.07) is 0.359. The fourth-order valence-electron chi connectivity index (χ4n) is 3.98. The summed E-state index contributed by atoms with van der Waals surface area (Å²) in [5.74, 6) is 0.617. The van der Waals surface area contributed by atoms with Crippen LogP contribution in [0.3, 0.4) is 0 Å². The third kappa shape index (κ3) is 1.93. The Morgan fingerprint density at radius 1 is 1.22 bits per heavy atom. The van der Waals surface area contributed by atoms with Crippen molar-refractivity contribution in [3.63, 3.8) is 0 Å². The van der Waals surface area contributed by atoms with E-state index in [0.717, 1.165) is 12.3 Å². The van der Waals surface area contributed by atoms with E-state index in [1.54, 1.807) is 6.33 Å². The summed E-state index contributed by atoms with van der Waals surface area (Å²) in [4.78, 5) is 15.3. The van der Waals surface area contributed by atoms with E-state index in [9.17, 15) is 9.90 Å². The van der Waals surface area contributed by atoms with Gasteiger partial charge in [-0.1, -0.05) is 32.1 Å². The number of nitrogens with zero attached hydrogens (tertiary/aromatic N) is 2. The van der Waals surface area contributed by atoms with Crippen LogP contribution in [0.2, 0.25) is 0 Å². The summed E-state index contributed by atoms with van der Waals surface area (Å²) in [6.45, 7) is 0. The molecule has 3 rings (SSSR count). The molecule has 4 heteroatoms. The number of fused-ring (bicyclic) bond motifs is 1. The van der Waals surface area contributed by atoms with Gasteiger partial charge in [-0.3, -0.25) is 0 Å². The molecule has 3 atom stereocenters. The van der Waals surface area contributed by atoms with E-state index >= 15 is 0 Å². The summed E-state index contributed by atoms with van der Waals surface area (Å²) in [7, 11) is 0. The minimum atomic E-state index is -0.856. The van der Waals surface area contributed by atoms with E-state index in [1.165, 1.54) is 44.7 Å². The Kier molecular flexibility index (Phi) is 3.10. The highest BCUT2D eigenvalue weighted by molar-refractivity contribution is 5.85. The molecule has 0 bridgehead atoms. The quantitative estimate of drug-likeness (QED) is 0.874. The molecule has 1 heterocycles. The second-order valence-electron chi connectivity index (χ2n) is 5.70. The number of carbonyl (C=O) groups is 1. The summed E-state index contributed by atoms with van der Waals surface area (Å²) in [6.07, 6.45) is 12.1. The van der Waals surface area contributed by atoms with E-state index in [4.69, 9.17) is 0 Å². The lowest BCUT2D eigenvalue weighted by Crippen LogP contribution is -2.33. The lowest BCUT2D eigenvalue weighted by Gasteiger charge is -2.42. The second kappa shape index (κ2) is 4.75. The predicted octanol–water partition coefficient (Wildman–Crippen LogP) is 3.11. The first kappa shape index (κ1) is 11.8. The number of hydrogen-bond acceptors (Lipinski definition) is 2. The van der Waals surface area contributed by atoms with Gasteiger partial charge in [0.1, 0.15) is 5.69 Å². The van der Waals surface area contributed by atoms with Crippen LogP contribution in [-0.4, -0.2) is 20.6 Å². The molecule has 1 aromatic rings. The zero-order chi connectivity index (χ0) is 12.5. The van der Waals surface area contributed by atoms with Crippen LogP contribution < -0.4 is 0 Å². The summed E-state index contributed by atoms with van der Waals surface area (Å²) < 4.78 is 1.92. The van der Waals surface area contributed by atoms with Gasteiger partial charge in [-0.05, 0) is 24.7 Å². The maximum atomic E-state index is 11.2. The van der Waals surface area contributed by atoms with Crippen LogP contribution in [0.25, 0.3) is 0 Å². The topological polar surface area (TPSA) is 55.1 Å². The number of carboxylic acids is 1. The van der Waals surface area contributed by atoms with E-state index in [1.807, 2.05) is 4.57 Å². The zero-order valence-corrected chi connectivity index (χ0v) is 10.6. The molecule has 18 heavy (non-hydrogen) atoms. The van der Waals surface area contributed by atoms with Crippen LogP contribution in [0.4, 0.5) is 0 Å². The summed E-state index contributed by atoms with van der Waals surface area (Å²) in [5, 5.41) is 9.22. The maximum Gasteiger partial charge on any atom is 0.354 e. The third-order valence-corrected chi connectivity index (χ3v) is 4.78. The number of rotatable bonds is 2. The Morgan fingerprint density at radius 2 is 2.00 bits per heavy atom. The molecule has 0 spiro atoms. The molecule has 0 unspecified atom stereocenters. The van der Waals surface area contributed by atoms with Gasteiger partial charge in [-0.25, -0.2) is 9.78 Å². The summed E-state index contributed by atoms with van der Waals surface area (Å²) in [5.41, 5.74) is 0.353. The highest BCUT2D eigenvalue weighted by Gasteiger charge is 2.36. The lowest BCUT2D eigenvalue weighted by atomic mass is 9.68. The van der Waals surface area contributed by atoms with E-state index < -0.39 is 5.97 Å². The molecule has 0 amide bonds. The van der Waals surface area contributed by atoms with Crippen molar-refractivity contribution in [2.24, 2.45) is 11.8 Å². The Hall–Kier alpha value is -1.32. The first-order valence-corrected chi connectivity index (χ1v) is 7.02. The molecule has 2 saturated carbocycles. The van der Waals surface area contributed by atoms with Gasteiger partial charge in [-0.15, -0.1) is 0 Å². The van der Waals surface area contributed by atoms with Crippen molar-refractivity contribution in [2.75, 3.05) is 0 Å². The molecule has 1 N–H and O–H groups in total. The average Bonchev–Trinajstić information content (AvgIpc) is 2.87. The number of imidazole rings is 1. The van der Waals surface area contributed by atoms with Crippen molar-refractivity contribution >= 4 is 5.97 Å². The minimum Gasteiger partial charge on any atom is -0.477 e. The zero-order valence-electron chi connectivity index (χ0n) is 10.6. The molecule has 0 aliphatic heterocycles. The number of aromatic carboxylic acids is 1. The molecule has 2 fully saturated rings. The third-order valence-electron chi connectivity index (χ3n) is 4.78. The molecule has 2 aliphatic rings. The van der Waals surface area contributed by atoms with Gasteiger partial charge < -0.3 is 9.67 Å². The van der Waals surface area contributed by atoms with Crippen LogP contribution in [0.1, 0.15) is 61.5 Å². The standard InChI is InChI=1S/C14H20N2O2/c17-14(18)13-8-15-9-16(13)12-7-3-5-10-4-1-2-6-11(10)12/h8-12H,1-7H2,(H,17,18)/t10-,11+,12-/m1/s1. The Balaban J connectivity index is 1.89. The van der Waals surface area contributed by atoms with Crippen molar-refractivity contribution in [1.82, 2.24) is 9.55 Å². The van der Waals surface area contributed by atoms with Crippen molar-refractivity contribution in [1.29, 1.82) is 0 Å². The molecular weight excluding hydrogens is 228 g/mol. The van der Waals surface area contributed by atoms with Gasteiger partial charge in [0.15, 0.2) is 0 Å². The van der Waals surface area contributed by atoms with Crippen molar-refractivity contribution in [2.45, 2.75) is 51.0 Å². The average molecular weight is 248 g/mol. The van der Waals surface area contributed by atoms with Crippen molar-refractivity contribution in [3.05, 3.63) is 18.2 Å². The van der Waals surface area contributed by atoms with Crippen LogP contribution in [0.5, 0.6) is 0 Å². The van der Waals surface area contributed by atoms with Crippen LogP contribution in [-0.2, 0) is 0 Å². The lowest BCUT2D eigenvalue weighted by molar-refractivity contribution is 0.0658. The van der Waals surface area contributed by atoms with Crippen LogP contribution in [0.15, 0.2) is 12.5 Å². The Bertz CT molecular complexity index is 439. The van der Waals surface area contributed by atoms with E-state index in [-0.39, 0.29) is 0 Å². The molecule has 0 saturated heterocycles. The summed E-state index contributed by atoms with van der Waals surface area (Å²) >= 11 is 0. The van der Waals surface area contributed by atoms with Crippen molar-refractivity contribution < 1.29 is 9.90 Å². The van der Waals surface area contributed by atoms with Gasteiger partial charge >= 0.3 is 5.97 Å². The van der Waals surface area contributed by atoms with Gasteiger partial charge in [0, 0.05) is 6.04 Å². The fourth-order valence-corrected chi connectivity index (χ4v) is 3.98. The van der Waals surface area contributed by atoms with E-state index in [2.05, 4.69) is 4.98 Å². The first-order valence-electron chi connectivity index (χ1n) is 7.02. The van der Waals surface area contributed by atoms with Crippen LogP contribution in [0, 0.1) is 11.8 Å². The molecular formula is C14H20N2O2. The first-order chi connectivity index (χ1) is 8.77. The second-order valence-corrected chi connectivity index (χ2v) is 5.70. The van der Waals surface area contributed by atoms with Crippen molar-refractivity contribution in [3.8, 4) is 0 Å². The number of carboxylic acid groups (broad SMARTS) is 1. The molecule has 1 aromatic heterocycles. The monoisotopic (exact) mass is 248 g/mol. The predicted molar refractivity (Wildman–Crippen MR) is 67.5 cm³/mol. The molecule has 4 nitrogen and oxygen atoms in total. The number of hydrogen-bond donors (Lipinski definition) is 1. The SMILES string of the molecule is O=C(O)c1cncn1[C@@H]1CCC[C@H]2CCCC[C@@H]21. The Labute approximate surface area is 107 Å². The molecule has 2 aliphatic carbocycles. The molecule has 0 radical (unpaired) electrons. The van der Waals surface area contributed by atoms with Gasteiger partial charge in [-0.2, -0.15) is 0 Å². The minimum absolute atomic E-state index is 0.353.